The van der Waals surface area contributed by atoms with Crippen LogP contribution in [0.25, 0.3) is 0 Å². The SMILES string of the molecule is C=C1C2CCC(CC2)N1CC. The molecule has 3 fully saturated rings. The third kappa shape index (κ3) is 0.979. The van der Waals surface area contributed by atoms with Gasteiger partial charge in [-0.05, 0) is 38.5 Å². The van der Waals surface area contributed by atoms with Crippen molar-refractivity contribution in [2.45, 2.75) is 38.6 Å². The molecule has 0 N–H and O–H groups in total. The maximum absolute atomic E-state index is 4.18. The van der Waals surface area contributed by atoms with Crippen molar-refractivity contribution in [2.75, 3.05) is 6.54 Å². The number of allylic oxidation sites excluding steroid dienone is 1. The molecule has 1 heteroatoms. The minimum Gasteiger partial charge on any atom is -0.372 e. The Kier molecular flexibility index (Phi) is 1.67. The van der Waals surface area contributed by atoms with Crippen molar-refractivity contribution in [1.29, 1.82) is 0 Å². The number of hydrogen-bond acceptors (Lipinski definition) is 1. The highest BCUT2D eigenvalue weighted by Gasteiger charge is 2.34. The van der Waals surface area contributed by atoms with Crippen LogP contribution in [0.5, 0.6) is 0 Å². The molecule has 11 heavy (non-hydrogen) atoms. The number of hydrogen-bond donors (Lipinski definition) is 0. The molecule has 2 heterocycles. The van der Waals surface area contributed by atoms with E-state index >= 15 is 0 Å². The smallest absolute Gasteiger partial charge is 0.0287 e. The predicted molar refractivity (Wildman–Crippen MR) is 47.3 cm³/mol. The van der Waals surface area contributed by atoms with Gasteiger partial charge in [0.15, 0.2) is 0 Å². The average molecular weight is 151 g/mol. The Morgan fingerprint density at radius 1 is 1.36 bits per heavy atom. The summed E-state index contributed by atoms with van der Waals surface area (Å²) >= 11 is 0. The molecular formula is C10H17N. The summed E-state index contributed by atoms with van der Waals surface area (Å²) in [5.74, 6) is 0.833. The van der Waals surface area contributed by atoms with Crippen LogP contribution in [-0.2, 0) is 0 Å². The van der Waals surface area contributed by atoms with E-state index in [9.17, 15) is 0 Å². The van der Waals surface area contributed by atoms with Crippen molar-refractivity contribution in [2.24, 2.45) is 5.92 Å². The lowest BCUT2D eigenvalue weighted by Gasteiger charge is -2.48. The van der Waals surface area contributed by atoms with Crippen molar-refractivity contribution >= 4 is 0 Å². The summed E-state index contributed by atoms with van der Waals surface area (Å²) in [5, 5.41) is 0. The van der Waals surface area contributed by atoms with Gasteiger partial charge in [0.05, 0.1) is 0 Å². The normalized spacial score (nSPS) is 36.5. The van der Waals surface area contributed by atoms with Crippen LogP contribution in [0, 0.1) is 5.92 Å². The van der Waals surface area contributed by atoms with Crippen molar-refractivity contribution in [3.8, 4) is 0 Å². The van der Waals surface area contributed by atoms with E-state index in [-0.39, 0.29) is 0 Å². The molecule has 0 atom stereocenters. The zero-order chi connectivity index (χ0) is 7.84. The minimum absolute atomic E-state index is 0.833. The van der Waals surface area contributed by atoms with E-state index in [0.29, 0.717) is 0 Å². The Labute approximate surface area is 69.1 Å². The van der Waals surface area contributed by atoms with Crippen LogP contribution in [0.15, 0.2) is 12.3 Å². The first-order valence-corrected chi connectivity index (χ1v) is 4.78. The second kappa shape index (κ2) is 2.54. The van der Waals surface area contributed by atoms with Crippen LogP contribution >= 0.6 is 0 Å². The molecule has 62 valence electrons. The summed E-state index contributed by atoms with van der Waals surface area (Å²) in [6, 6.07) is 0.845. The summed E-state index contributed by atoms with van der Waals surface area (Å²) < 4.78 is 0. The fourth-order valence-corrected chi connectivity index (χ4v) is 2.65. The highest BCUT2D eigenvalue weighted by atomic mass is 15.2. The molecule has 0 spiro atoms. The largest absolute Gasteiger partial charge is 0.372 e. The molecule has 0 radical (unpaired) electrons. The summed E-state index contributed by atoms with van der Waals surface area (Å²) in [6.45, 7) is 7.58. The molecule has 2 saturated heterocycles. The summed E-state index contributed by atoms with van der Waals surface area (Å²) in [7, 11) is 0. The summed E-state index contributed by atoms with van der Waals surface area (Å²) in [5.41, 5.74) is 1.43. The van der Waals surface area contributed by atoms with Gasteiger partial charge in [0.1, 0.15) is 0 Å². The molecular weight excluding hydrogens is 134 g/mol. The fraction of sp³-hybridized carbons (Fsp3) is 0.800. The van der Waals surface area contributed by atoms with Gasteiger partial charge < -0.3 is 4.90 Å². The Balaban J connectivity index is 2.16. The lowest BCUT2D eigenvalue weighted by atomic mass is 9.78. The molecule has 1 nitrogen and oxygen atoms in total. The monoisotopic (exact) mass is 151 g/mol. The van der Waals surface area contributed by atoms with Gasteiger partial charge in [-0.3, -0.25) is 0 Å². The maximum Gasteiger partial charge on any atom is 0.0287 e. The molecule has 3 rings (SSSR count). The summed E-state index contributed by atoms with van der Waals surface area (Å²) in [6.07, 6.45) is 5.63. The van der Waals surface area contributed by atoms with Crippen molar-refractivity contribution in [1.82, 2.24) is 4.90 Å². The second-order valence-electron chi connectivity index (χ2n) is 3.78. The molecule has 3 aliphatic rings. The van der Waals surface area contributed by atoms with Gasteiger partial charge in [-0.1, -0.05) is 6.58 Å². The standard InChI is InChI=1S/C10H17N/c1-3-11-8(2)9-4-6-10(11)7-5-9/h9-10H,2-7H2,1H3. The van der Waals surface area contributed by atoms with Gasteiger partial charge in [0, 0.05) is 18.3 Å². The first-order chi connectivity index (χ1) is 5.33. The van der Waals surface area contributed by atoms with Crippen molar-refractivity contribution in [3.63, 3.8) is 0 Å². The van der Waals surface area contributed by atoms with Crippen molar-refractivity contribution in [3.05, 3.63) is 12.3 Å². The molecule has 1 aliphatic carbocycles. The van der Waals surface area contributed by atoms with Crippen molar-refractivity contribution < 1.29 is 0 Å². The average Bonchev–Trinajstić information content (AvgIpc) is 2.06. The Morgan fingerprint density at radius 3 is 2.36 bits per heavy atom. The second-order valence-corrected chi connectivity index (χ2v) is 3.78. The van der Waals surface area contributed by atoms with E-state index < -0.39 is 0 Å². The number of rotatable bonds is 1. The number of nitrogens with zero attached hydrogens (tertiary/aromatic N) is 1. The highest BCUT2D eigenvalue weighted by Crippen LogP contribution is 2.40. The van der Waals surface area contributed by atoms with Gasteiger partial charge in [-0.15, -0.1) is 0 Å². The van der Waals surface area contributed by atoms with E-state index in [0.717, 1.165) is 12.0 Å². The third-order valence-electron chi connectivity index (χ3n) is 3.32. The summed E-state index contributed by atoms with van der Waals surface area (Å²) in [4.78, 5) is 2.51. The van der Waals surface area contributed by atoms with E-state index in [1.165, 1.54) is 37.9 Å². The van der Waals surface area contributed by atoms with Gasteiger partial charge in [0.25, 0.3) is 0 Å². The van der Waals surface area contributed by atoms with Crippen LogP contribution in [0.3, 0.4) is 0 Å². The van der Waals surface area contributed by atoms with E-state index in [1.807, 2.05) is 0 Å². The van der Waals surface area contributed by atoms with Gasteiger partial charge in [-0.25, -0.2) is 0 Å². The highest BCUT2D eigenvalue weighted by molar-refractivity contribution is 5.09. The Hall–Kier alpha value is -0.460. The van der Waals surface area contributed by atoms with Gasteiger partial charge in [0.2, 0.25) is 0 Å². The fourth-order valence-electron chi connectivity index (χ4n) is 2.65. The van der Waals surface area contributed by atoms with E-state index in [2.05, 4.69) is 18.4 Å². The van der Waals surface area contributed by atoms with E-state index in [4.69, 9.17) is 0 Å². The molecule has 0 aromatic heterocycles. The van der Waals surface area contributed by atoms with Crippen LogP contribution in [-0.4, -0.2) is 17.5 Å². The van der Waals surface area contributed by atoms with Gasteiger partial charge in [-0.2, -0.15) is 0 Å². The third-order valence-corrected chi connectivity index (χ3v) is 3.32. The Bertz CT molecular complexity index is 166. The molecule has 0 unspecified atom stereocenters. The van der Waals surface area contributed by atoms with Crippen LogP contribution in [0.1, 0.15) is 32.6 Å². The molecule has 0 aromatic rings. The minimum atomic E-state index is 0.833. The number of piperidine rings is 2. The molecule has 1 saturated carbocycles. The van der Waals surface area contributed by atoms with Crippen LogP contribution in [0.4, 0.5) is 0 Å². The molecule has 2 bridgehead atoms. The maximum atomic E-state index is 4.18. The predicted octanol–water partition coefficient (Wildman–Crippen LogP) is 2.39. The van der Waals surface area contributed by atoms with Crippen LogP contribution < -0.4 is 0 Å². The molecule has 2 aliphatic heterocycles. The number of fused-ring (bicyclic) bond motifs is 3. The van der Waals surface area contributed by atoms with Gasteiger partial charge >= 0.3 is 0 Å². The lowest BCUT2D eigenvalue weighted by Crippen LogP contribution is -2.45. The first-order valence-electron chi connectivity index (χ1n) is 4.78. The Morgan fingerprint density at radius 2 is 2.00 bits per heavy atom. The lowest BCUT2D eigenvalue weighted by molar-refractivity contribution is 0.107. The zero-order valence-corrected chi connectivity index (χ0v) is 7.34. The molecule has 0 aromatic carbocycles. The topological polar surface area (TPSA) is 3.24 Å². The van der Waals surface area contributed by atoms with Crippen LogP contribution in [0.2, 0.25) is 0 Å². The molecule has 0 amide bonds. The zero-order valence-electron chi connectivity index (χ0n) is 7.34. The first kappa shape index (κ1) is 7.20. The van der Waals surface area contributed by atoms with E-state index in [1.54, 1.807) is 0 Å². The quantitative estimate of drug-likeness (QED) is 0.556.